The van der Waals surface area contributed by atoms with Crippen molar-refractivity contribution in [2.75, 3.05) is 7.11 Å². The zero-order valence-electron chi connectivity index (χ0n) is 9.92. The summed E-state index contributed by atoms with van der Waals surface area (Å²) in [5, 5.41) is 0. The molecule has 1 rings (SSSR count). The zero-order valence-corrected chi connectivity index (χ0v) is 9.92. The van der Waals surface area contributed by atoms with Gasteiger partial charge in [-0.1, -0.05) is 12.1 Å². The van der Waals surface area contributed by atoms with Crippen molar-refractivity contribution in [1.29, 1.82) is 0 Å². The lowest BCUT2D eigenvalue weighted by Gasteiger charge is -2.22. The summed E-state index contributed by atoms with van der Waals surface area (Å²) in [6.45, 7) is 3.84. The first-order chi connectivity index (χ1) is 7.44. The summed E-state index contributed by atoms with van der Waals surface area (Å²) in [6.07, 6.45) is 0.989. The van der Waals surface area contributed by atoms with Crippen LogP contribution in [0.4, 0.5) is 4.39 Å². The lowest BCUT2D eigenvalue weighted by molar-refractivity contribution is 0.0141. The van der Waals surface area contributed by atoms with Crippen molar-refractivity contribution in [3.63, 3.8) is 0 Å². The Morgan fingerprint density at radius 3 is 2.69 bits per heavy atom. The molecule has 0 saturated heterocycles. The van der Waals surface area contributed by atoms with Crippen LogP contribution >= 0.6 is 0 Å². The monoisotopic (exact) mass is 224 g/mol. The number of benzene rings is 1. The van der Waals surface area contributed by atoms with Gasteiger partial charge in [0.2, 0.25) is 0 Å². The van der Waals surface area contributed by atoms with E-state index in [2.05, 4.69) is 0 Å². The minimum Gasteiger partial charge on any atom is -0.379 e. The van der Waals surface area contributed by atoms with Gasteiger partial charge in [0.1, 0.15) is 5.82 Å². The van der Waals surface area contributed by atoms with Crippen molar-refractivity contribution in [3.05, 3.63) is 35.6 Å². The number of ether oxygens (including phenoxy) is 1. The van der Waals surface area contributed by atoms with Crippen LogP contribution in [-0.4, -0.2) is 18.5 Å². The van der Waals surface area contributed by atoms with Crippen LogP contribution in [0, 0.1) is 5.82 Å². The Morgan fingerprint density at radius 1 is 1.44 bits per heavy atom. The highest BCUT2D eigenvalue weighted by atomic mass is 19.1. The van der Waals surface area contributed by atoms with E-state index >= 15 is 0 Å². The van der Waals surface area contributed by atoms with Gasteiger partial charge in [0.25, 0.3) is 0 Å². The molecule has 0 saturated carbocycles. The molecule has 0 amide bonds. The second-order valence-electron chi connectivity index (χ2n) is 4.40. The lowest BCUT2D eigenvalue weighted by Crippen LogP contribution is -2.23. The van der Waals surface area contributed by atoms with Crippen molar-refractivity contribution in [1.82, 2.24) is 0 Å². The maximum absolute atomic E-state index is 12.9. The van der Waals surface area contributed by atoms with Gasteiger partial charge in [-0.15, -0.1) is 0 Å². The molecule has 88 valence electrons. The fraction of sp³-hybridized carbons (Fsp3) is 0.462. The van der Waals surface area contributed by atoms with E-state index in [-0.39, 0.29) is 17.2 Å². The standard InChI is InChI=1S/C13H17FO2/c1-13(2,16-3)8-7-12(15)10-5-4-6-11(14)9-10/h4-6,9H,7-8H2,1-3H3. The minimum absolute atomic E-state index is 0.0513. The van der Waals surface area contributed by atoms with Gasteiger partial charge in [-0.25, -0.2) is 4.39 Å². The van der Waals surface area contributed by atoms with Gasteiger partial charge in [0.05, 0.1) is 5.60 Å². The molecule has 0 spiro atoms. The van der Waals surface area contributed by atoms with Gasteiger partial charge in [0.15, 0.2) is 5.78 Å². The number of hydrogen-bond donors (Lipinski definition) is 0. The topological polar surface area (TPSA) is 26.3 Å². The Hall–Kier alpha value is -1.22. The summed E-state index contributed by atoms with van der Waals surface area (Å²) in [4.78, 5) is 11.7. The molecular formula is C13H17FO2. The normalized spacial score (nSPS) is 11.5. The van der Waals surface area contributed by atoms with Crippen molar-refractivity contribution in [2.24, 2.45) is 0 Å². The van der Waals surface area contributed by atoms with Crippen LogP contribution in [0.5, 0.6) is 0 Å². The van der Waals surface area contributed by atoms with Crippen LogP contribution in [0.25, 0.3) is 0 Å². The first-order valence-electron chi connectivity index (χ1n) is 5.28. The van der Waals surface area contributed by atoms with Crippen molar-refractivity contribution >= 4 is 5.78 Å². The highest BCUT2D eigenvalue weighted by molar-refractivity contribution is 5.96. The third-order valence-electron chi connectivity index (χ3n) is 2.65. The molecule has 0 aromatic heterocycles. The van der Waals surface area contributed by atoms with Crippen LogP contribution in [0.3, 0.4) is 0 Å². The van der Waals surface area contributed by atoms with E-state index < -0.39 is 0 Å². The SMILES string of the molecule is COC(C)(C)CCC(=O)c1cccc(F)c1. The highest BCUT2D eigenvalue weighted by Crippen LogP contribution is 2.17. The number of Topliss-reactive ketones (excluding diaryl/α,β-unsaturated/α-hetero) is 1. The molecule has 0 N–H and O–H groups in total. The first kappa shape index (κ1) is 12.8. The molecular weight excluding hydrogens is 207 g/mol. The molecule has 0 aliphatic carbocycles. The van der Waals surface area contributed by atoms with Crippen molar-refractivity contribution in [3.8, 4) is 0 Å². The van der Waals surface area contributed by atoms with Crippen LogP contribution in [0.1, 0.15) is 37.0 Å². The summed E-state index contributed by atoms with van der Waals surface area (Å²) in [6, 6.07) is 5.77. The van der Waals surface area contributed by atoms with E-state index in [1.807, 2.05) is 13.8 Å². The molecule has 0 aliphatic rings. The molecule has 0 bridgehead atoms. The number of hydrogen-bond acceptors (Lipinski definition) is 2. The third-order valence-corrected chi connectivity index (χ3v) is 2.65. The Kier molecular flexibility index (Phi) is 4.19. The summed E-state index contributed by atoms with van der Waals surface area (Å²) in [5.74, 6) is -0.429. The maximum Gasteiger partial charge on any atom is 0.163 e. The van der Waals surface area contributed by atoms with E-state index in [9.17, 15) is 9.18 Å². The van der Waals surface area contributed by atoms with Gasteiger partial charge in [-0.05, 0) is 32.4 Å². The largest absolute Gasteiger partial charge is 0.379 e. The third kappa shape index (κ3) is 3.74. The van der Waals surface area contributed by atoms with E-state index in [4.69, 9.17) is 4.74 Å². The fourth-order valence-corrected chi connectivity index (χ4v) is 1.32. The Bertz CT molecular complexity index is 372. The summed E-state index contributed by atoms with van der Waals surface area (Å²) in [7, 11) is 1.62. The highest BCUT2D eigenvalue weighted by Gasteiger charge is 2.18. The minimum atomic E-state index is -0.378. The molecule has 2 nitrogen and oxygen atoms in total. The number of methoxy groups -OCH3 is 1. The van der Waals surface area contributed by atoms with E-state index in [0.717, 1.165) is 0 Å². The summed E-state index contributed by atoms with van der Waals surface area (Å²) >= 11 is 0. The molecule has 0 fully saturated rings. The second-order valence-corrected chi connectivity index (χ2v) is 4.40. The van der Waals surface area contributed by atoms with Gasteiger partial charge >= 0.3 is 0 Å². The van der Waals surface area contributed by atoms with E-state index in [1.54, 1.807) is 19.2 Å². The molecule has 0 unspecified atom stereocenters. The van der Waals surface area contributed by atoms with Gasteiger partial charge < -0.3 is 4.74 Å². The molecule has 3 heteroatoms. The summed E-state index contributed by atoms with van der Waals surface area (Å²) < 4.78 is 18.1. The average molecular weight is 224 g/mol. The Labute approximate surface area is 95.4 Å². The average Bonchev–Trinajstić information content (AvgIpc) is 2.26. The number of carbonyl (C=O) groups is 1. The number of rotatable bonds is 5. The summed E-state index contributed by atoms with van der Waals surface area (Å²) in [5.41, 5.74) is 0.107. The lowest BCUT2D eigenvalue weighted by atomic mass is 9.98. The maximum atomic E-state index is 12.9. The van der Waals surface area contributed by atoms with Crippen molar-refractivity contribution in [2.45, 2.75) is 32.3 Å². The number of ketones is 1. The number of halogens is 1. The second kappa shape index (κ2) is 5.21. The molecule has 0 radical (unpaired) electrons. The molecule has 16 heavy (non-hydrogen) atoms. The zero-order chi connectivity index (χ0) is 12.2. The van der Waals surface area contributed by atoms with Crippen LogP contribution in [0.15, 0.2) is 24.3 Å². The molecule has 0 aliphatic heterocycles. The number of carbonyl (C=O) groups excluding carboxylic acids is 1. The quantitative estimate of drug-likeness (QED) is 0.718. The predicted octanol–water partition coefficient (Wildman–Crippen LogP) is 3.21. The Morgan fingerprint density at radius 2 is 2.12 bits per heavy atom. The Balaban J connectivity index is 2.60. The molecule has 1 aromatic carbocycles. The van der Waals surface area contributed by atoms with E-state index in [0.29, 0.717) is 18.4 Å². The smallest absolute Gasteiger partial charge is 0.163 e. The first-order valence-corrected chi connectivity index (χ1v) is 5.28. The molecule has 0 atom stereocenters. The van der Waals surface area contributed by atoms with Gasteiger partial charge in [-0.3, -0.25) is 4.79 Å². The van der Waals surface area contributed by atoms with Crippen LogP contribution < -0.4 is 0 Å². The van der Waals surface area contributed by atoms with Gasteiger partial charge in [-0.2, -0.15) is 0 Å². The van der Waals surface area contributed by atoms with Gasteiger partial charge in [0, 0.05) is 19.1 Å². The van der Waals surface area contributed by atoms with Crippen LogP contribution in [-0.2, 0) is 4.74 Å². The fourth-order valence-electron chi connectivity index (χ4n) is 1.32. The van der Waals surface area contributed by atoms with Crippen molar-refractivity contribution < 1.29 is 13.9 Å². The van der Waals surface area contributed by atoms with E-state index in [1.165, 1.54) is 12.1 Å². The molecule has 0 heterocycles. The molecule has 1 aromatic rings. The predicted molar refractivity (Wildman–Crippen MR) is 61.1 cm³/mol. The van der Waals surface area contributed by atoms with Crippen LogP contribution in [0.2, 0.25) is 0 Å².